The van der Waals surface area contributed by atoms with Gasteiger partial charge in [0.15, 0.2) is 0 Å². The number of nitrogens with zero attached hydrogens (tertiary/aromatic N) is 2. The monoisotopic (exact) mass is 406 g/mol. The summed E-state index contributed by atoms with van der Waals surface area (Å²) in [6, 6.07) is 21.4. The van der Waals surface area contributed by atoms with Crippen molar-refractivity contribution in [2.24, 2.45) is 5.92 Å². The molecule has 1 amide bonds. The van der Waals surface area contributed by atoms with Gasteiger partial charge >= 0.3 is 0 Å². The van der Waals surface area contributed by atoms with Crippen molar-refractivity contribution >= 4 is 11.6 Å². The molecule has 3 nitrogen and oxygen atoms in total. The van der Waals surface area contributed by atoms with Gasteiger partial charge < -0.3 is 9.80 Å². The molecule has 0 aromatic heterocycles. The second-order valence-electron chi connectivity index (χ2n) is 8.75. The van der Waals surface area contributed by atoms with Crippen molar-refractivity contribution in [2.45, 2.75) is 64.8 Å². The van der Waals surface area contributed by atoms with Crippen molar-refractivity contribution < 1.29 is 4.79 Å². The van der Waals surface area contributed by atoms with E-state index in [9.17, 15) is 4.79 Å². The van der Waals surface area contributed by atoms with Gasteiger partial charge in [0, 0.05) is 37.3 Å². The Morgan fingerprint density at radius 2 is 1.63 bits per heavy atom. The lowest BCUT2D eigenvalue weighted by Gasteiger charge is -2.39. The largest absolute Gasteiger partial charge is 0.309 e. The van der Waals surface area contributed by atoms with E-state index in [0.29, 0.717) is 11.9 Å². The van der Waals surface area contributed by atoms with Gasteiger partial charge in [0.1, 0.15) is 0 Å². The van der Waals surface area contributed by atoms with Crippen LogP contribution in [0, 0.1) is 5.92 Å². The molecule has 0 radical (unpaired) electrons. The maximum atomic E-state index is 13.4. The molecule has 1 saturated heterocycles. The van der Waals surface area contributed by atoms with Crippen molar-refractivity contribution in [3.63, 3.8) is 0 Å². The van der Waals surface area contributed by atoms with Gasteiger partial charge in [-0.2, -0.15) is 0 Å². The topological polar surface area (TPSA) is 23.6 Å². The Bertz CT molecular complexity index is 738. The molecule has 3 heteroatoms. The van der Waals surface area contributed by atoms with Gasteiger partial charge in [-0.25, -0.2) is 0 Å². The van der Waals surface area contributed by atoms with Gasteiger partial charge in [0.05, 0.1) is 0 Å². The van der Waals surface area contributed by atoms with Gasteiger partial charge in [-0.15, -0.1) is 0 Å². The van der Waals surface area contributed by atoms with Crippen LogP contribution in [0.4, 0.5) is 5.69 Å². The summed E-state index contributed by atoms with van der Waals surface area (Å²) in [7, 11) is 0. The molecule has 3 rings (SSSR count). The molecule has 1 fully saturated rings. The Morgan fingerprint density at radius 1 is 1.00 bits per heavy atom. The summed E-state index contributed by atoms with van der Waals surface area (Å²) in [5.74, 6) is 0.396. The Hall–Kier alpha value is -2.13. The first-order valence-corrected chi connectivity index (χ1v) is 11.8. The molecule has 1 heterocycles. The summed E-state index contributed by atoms with van der Waals surface area (Å²) in [5.41, 5.74) is 2.47. The Morgan fingerprint density at radius 3 is 2.27 bits per heavy atom. The molecule has 0 aliphatic carbocycles. The lowest BCUT2D eigenvalue weighted by atomic mass is 9.96. The van der Waals surface area contributed by atoms with E-state index < -0.39 is 0 Å². The minimum absolute atomic E-state index is 0.0906. The van der Waals surface area contributed by atoms with Crippen molar-refractivity contribution in [2.75, 3.05) is 24.5 Å². The van der Waals surface area contributed by atoms with Crippen molar-refractivity contribution in [3.05, 3.63) is 66.2 Å². The number of amides is 1. The minimum Gasteiger partial charge on any atom is -0.309 e. The lowest BCUT2D eigenvalue weighted by Crippen LogP contribution is -2.49. The van der Waals surface area contributed by atoms with Crippen LogP contribution in [-0.4, -0.2) is 36.5 Å². The molecule has 2 aromatic rings. The van der Waals surface area contributed by atoms with Crippen LogP contribution in [-0.2, 0) is 11.2 Å². The lowest BCUT2D eigenvalue weighted by molar-refractivity contribution is -0.122. The summed E-state index contributed by atoms with van der Waals surface area (Å²) in [4.78, 5) is 18.1. The van der Waals surface area contributed by atoms with Crippen LogP contribution in [0.2, 0.25) is 0 Å². The van der Waals surface area contributed by atoms with E-state index in [-0.39, 0.29) is 5.92 Å². The number of piperidine rings is 1. The fourth-order valence-corrected chi connectivity index (χ4v) is 4.50. The van der Waals surface area contributed by atoms with Gasteiger partial charge in [0.2, 0.25) is 5.91 Å². The molecule has 2 aromatic carbocycles. The molecule has 30 heavy (non-hydrogen) atoms. The quantitative estimate of drug-likeness (QED) is 0.456. The maximum Gasteiger partial charge on any atom is 0.230 e. The standard InChI is InChI=1S/C27H38N2O/c1-3-4-7-12-23(2)27(30)29(25-15-10-6-11-16-25)26-18-21-28(22-19-26)20-17-24-13-8-5-9-14-24/h5-6,8-11,13-16,23,26H,3-4,7,12,17-22H2,1-2H3. The van der Waals surface area contributed by atoms with E-state index in [1.54, 1.807) is 0 Å². The van der Waals surface area contributed by atoms with E-state index in [2.05, 4.69) is 66.1 Å². The van der Waals surface area contributed by atoms with Crippen molar-refractivity contribution in [1.29, 1.82) is 0 Å². The number of anilines is 1. The SMILES string of the molecule is CCCCCC(C)C(=O)N(c1ccccc1)C1CCN(CCc2ccccc2)CC1. The predicted molar refractivity (Wildman–Crippen MR) is 127 cm³/mol. The normalized spacial score (nSPS) is 16.3. The number of hydrogen-bond acceptors (Lipinski definition) is 2. The van der Waals surface area contributed by atoms with Crippen LogP contribution in [0.1, 0.15) is 57.9 Å². The summed E-state index contributed by atoms with van der Waals surface area (Å²) >= 11 is 0. The molecule has 1 aliphatic rings. The first kappa shape index (κ1) is 22.6. The average Bonchev–Trinajstić information content (AvgIpc) is 2.80. The molecule has 1 atom stereocenters. The molecule has 162 valence electrons. The first-order valence-electron chi connectivity index (χ1n) is 11.8. The van der Waals surface area contributed by atoms with Crippen LogP contribution in [0.3, 0.4) is 0 Å². The number of para-hydroxylation sites is 1. The maximum absolute atomic E-state index is 13.4. The van der Waals surface area contributed by atoms with Gasteiger partial charge in [-0.1, -0.05) is 81.6 Å². The number of rotatable bonds is 10. The number of carbonyl (C=O) groups is 1. The van der Waals surface area contributed by atoms with Crippen LogP contribution >= 0.6 is 0 Å². The third-order valence-electron chi connectivity index (χ3n) is 6.42. The molecule has 0 saturated carbocycles. The van der Waals surface area contributed by atoms with Gasteiger partial charge in [-0.05, 0) is 43.4 Å². The van der Waals surface area contributed by atoms with Crippen molar-refractivity contribution in [3.8, 4) is 0 Å². The highest BCUT2D eigenvalue weighted by Crippen LogP contribution is 2.27. The van der Waals surface area contributed by atoms with E-state index >= 15 is 0 Å². The van der Waals surface area contributed by atoms with E-state index in [0.717, 1.165) is 57.4 Å². The molecule has 1 unspecified atom stereocenters. The summed E-state index contributed by atoms with van der Waals surface area (Å²) in [6.07, 6.45) is 7.75. The summed E-state index contributed by atoms with van der Waals surface area (Å²) in [5, 5.41) is 0. The highest BCUT2D eigenvalue weighted by molar-refractivity contribution is 5.95. The minimum atomic E-state index is 0.0906. The number of likely N-dealkylation sites (tertiary alicyclic amines) is 1. The fourth-order valence-electron chi connectivity index (χ4n) is 4.50. The van der Waals surface area contributed by atoms with Crippen molar-refractivity contribution in [1.82, 2.24) is 4.90 Å². The molecule has 0 spiro atoms. The summed E-state index contributed by atoms with van der Waals surface area (Å²) in [6.45, 7) is 7.57. The van der Waals surface area contributed by atoms with E-state index in [1.165, 1.54) is 18.4 Å². The third-order valence-corrected chi connectivity index (χ3v) is 6.42. The first-order chi connectivity index (χ1) is 14.7. The predicted octanol–water partition coefficient (Wildman–Crippen LogP) is 5.94. The van der Waals surface area contributed by atoms with E-state index in [4.69, 9.17) is 0 Å². The summed E-state index contributed by atoms with van der Waals surface area (Å²) < 4.78 is 0. The van der Waals surface area contributed by atoms with Crippen LogP contribution in [0.25, 0.3) is 0 Å². The van der Waals surface area contributed by atoms with Crippen LogP contribution < -0.4 is 4.90 Å². The molecular weight excluding hydrogens is 368 g/mol. The number of unbranched alkanes of at least 4 members (excludes halogenated alkanes) is 2. The average molecular weight is 407 g/mol. The van der Waals surface area contributed by atoms with Gasteiger partial charge in [0.25, 0.3) is 0 Å². The third kappa shape index (κ3) is 6.43. The Balaban J connectivity index is 1.60. The molecular formula is C27H38N2O. The highest BCUT2D eigenvalue weighted by Gasteiger charge is 2.31. The Labute approximate surface area is 183 Å². The zero-order chi connectivity index (χ0) is 21.2. The zero-order valence-electron chi connectivity index (χ0n) is 18.8. The molecule has 0 bridgehead atoms. The number of carbonyl (C=O) groups excluding carboxylic acids is 1. The zero-order valence-corrected chi connectivity index (χ0v) is 18.8. The molecule has 1 aliphatic heterocycles. The van der Waals surface area contributed by atoms with Crippen LogP contribution in [0.5, 0.6) is 0 Å². The van der Waals surface area contributed by atoms with Gasteiger partial charge in [-0.3, -0.25) is 4.79 Å². The van der Waals surface area contributed by atoms with Crippen LogP contribution in [0.15, 0.2) is 60.7 Å². The number of hydrogen-bond donors (Lipinski definition) is 0. The smallest absolute Gasteiger partial charge is 0.230 e. The Kier molecular flexibility index (Phi) is 8.95. The second-order valence-corrected chi connectivity index (χ2v) is 8.75. The fraction of sp³-hybridized carbons (Fsp3) is 0.519. The molecule has 0 N–H and O–H groups in total. The van der Waals surface area contributed by atoms with E-state index in [1.807, 2.05) is 18.2 Å². The number of benzene rings is 2. The highest BCUT2D eigenvalue weighted by atomic mass is 16.2. The second kappa shape index (κ2) is 11.9.